The molecule has 372 valence electrons. The number of rotatable bonds is 17. The summed E-state index contributed by atoms with van der Waals surface area (Å²) in [5.41, 5.74) is 12.8. The maximum atomic E-state index is 14.7. The minimum absolute atomic E-state index is 0.0148. The normalized spacial score (nSPS) is 17.8. The number of carbonyl (C=O) groups is 5. The van der Waals surface area contributed by atoms with E-state index in [0.29, 0.717) is 11.1 Å². The number of nitrogens with two attached hydrogens (primary N) is 3. The number of aliphatic carboxylic acids is 1. The summed E-state index contributed by atoms with van der Waals surface area (Å²) in [4.78, 5) is 78.5. The number of carbonyl (C=O) groups excluding carboxylic acids is 4. The minimum atomic E-state index is -4.50. The van der Waals surface area contributed by atoms with Gasteiger partial charge in [-0.15, -0.1) is 0 Å². The molecule has 3 aromatic carbocycles. The lowest BCUT2D eigenvalue weighted by atomic mass is 9.87. The van der Waals surface area contributed by atoms with E-state index in [9.17, 15) is 52.8 Å². The first-order valence-electron chi connectivity index (χ1n) is 21.5. The lowest BCUT2D eigenvalue weighted by molar-refractivity contribution is -0.143. The van der Waals surface area contributed by atoms with Crippen LogP contribution in [0.2, 0.25) is 0 Å². The Morgan fingerprint density at radius 1 is 0.899 bits per heavy atom. The first-order chi connectivity index (χ1) is 32.4. The highest BCUT2D eigenvalue weighted by molar-refractivity contribution is 7.87. The summed E-state index contributed by atoms with van der Waals surface area (Å²) in [6.45, 7) is 5.34. The molecule has 6 atom stereocenters. The molecular formula is C45H58N10O13S. The molecule has 1 aromatic heterocycles. The molecule has 4 bridgehead atoms. The topological polar surface area (TPSA) is 374 Å². The second kappa shape index (κ2) is 22.5. The van der Waals surface area contributed by atoms with Gasteiger partial charge in [0.05, 0.1) is 5.56 Å². The van der Waals surface area contributed by atoms with Crippen LogP contribution in [0, 0.1) is 0 Å². The number of phenols is 1. The Balaban J connectivity index is 1.63. The van der Waals surface area contributed by atoms with Gasteiger partial charge < -0.3 is 62.2 Å². The zero-order valence-corrected chi connectivity index (χ0v) is 39.3. The molecule has 69 heavy (non-hydrogen) atoms. The molecule has 24 heteroatoms. The van der Waals surface area contributed by atoms with Crippen molar-refractivity contribution < 1.29 is 62.3 Å². The number of amides is 4. The van der Waals surface area contributed by atoms with Crippen molar-refractivity contribution in [3.05, 3.63) is 89.2 Å². The highest BCUT2D eigenvalue weighted by Gasteiger charge is 2.37. The van der Waals surface area contributed by atoms with Gasteiger partial charge in [0.25, 0.3) is 16.1 Å². The van der Waals surface area contributed by atoms with Gasteiger partial charge in [-0.3, -0.25) is 19.2 Å². The zero-order chi connectivity index (χ0) is 51.0. The van der Waals surface area contributed by atoms with Crippen molar-refractivity contribution in [2.24, 2.45) is 16.6 Å². The third-order valence-corrected chi connectivity index (χ3v) is 11.5. The largest absolute Gasteiger partial charge is 0.504 e. The van der Waals surface area contributed by atoms with Crippen molar-refractivity contribution >= 4 is 39.8 Å². The van der Waals surface area contributed by atoms with Crippen LogP contribution >= 0.6 is 0 Å². The Kier molecular flexibility index (Phi) is 17.4. The number of hydrogen-bond acceptors (Lipinski definition) is 16. The Bertz CT molecular complexity index is 2630. The van der Waals surface area contributed by atoms with Crippen LogP contribution < -0.4 is 46.8 Å². The molecule has 5 rings (SSSR count). The number of aromatic hydroxyl groups is 1. The Hall–Kier alpha value is -6.80. The van der Waals surface area contributed by atoms with Crippen LogP contribution in [-0.4, -0.2) is 144 Å². The number of carboxylic acid groups (broad SMARTS) is 1. The number of ether oxygens (including phenoxy) is 2. The molecule has 0 saturated carbocycles. The highest BCUT2D eigenvalue weighted by Crippen LogP contribution is 2.45. The van der Waals surface area contributed by atoms with Crippen LogP contribution in [0.5, 0.6) is 17.2 Å². The van der Waals surface area contributed by atoms with Crippen molar-refractivity contribution in [2.45, 2.75) is 75.9 Å². The maximum Gasteiger partial charge on any atom is 0.326 e. The van der Waals surface area contributed by atoms with E-state index in [2.05, 4.69) is 46.7 Å². The summed E-state index contributed by atoms with van der Waals surface area (Å²) in [7, 11) is -3.37. The molecule has 0 fully saturated rings. The van der Waals surface area contributed by atoms with Gasteiger partial charge in [0.15, 0.2) is 17.3 Å². The predicted octanol–water partition coefficient (Wildman–Crippen LogP) is -1.07. The third-order valence-electron chi connectivity index (χ3n) is 11.0. The average molecular weight is 979 g/mol. The van der Waals surface area contributed by atoms with Crippen molar-refractivity contribution in [3.8, 4) is 39.8 Å². The van der Waals surface area contributed by atoms with Crippen molar-refractivity contribution in [3.63, 3.8) is 0 Å². The number of hydrogen-bond donors (Lipinski definition) is 11. The Morgan fingerprint density at radius 2 is 1.51 bits per heavy atom. The first-order valence-corrected chi connectivity index (χ1v) is 23.1. The predicted molar refractivity (Wildman–Crippen MR) is 250 cm³/mol. The number of nitrogens with one attached hydrogen (secondary N) is 4. The number of carboxylic acids is 1. The fraction of sp³-hybridized carbons (Fsp3) is 0.400. The highest BCUT2D eigenvalue weighted by atomic mass is 32.2. The molecule has 0 aliphatic carbocycles. The quantitative estimate of drug-likeness (QED) is 0.0600. The number of nitrogens with zero attached hydrogens (tertiary/aromatic N) is 3. The van der Waals surface area contributed by atoms with Crippen molar-refractivity contribution in [1.82, 2.24) is 35.5 Å². The number of aliphatic hydroxyl groups is 2. The summed E-state index contributed by atoms with van der Waals surface area (Å²) in [6.07, 6.45) is -0.291. The number of aromatic nitrogens is 2. The van der Waals surface area contributed by atoms with Crippen LogP contribution in [-0.2, 0) is 41.2 Å². The van der Waals surface area contributed by atoms with Crippen molar-refractivity contribution in [2.75, 3.05) is 39.9 Å². The van der Waals surface area contributed by atoms with E-state index < -0.39 is 95.1 Å². The maximum absolute atomic E-state index is 14.7. The average Bonchev–Trinajstić information content (AvgIpc) is 3.30. The number of fused-ring (bicyclic) bond motifs is 5. The van der Waals surface area contributed by atoms with E-state index in [1.165, 1.54) is 49.6 Å². The molecule has 0 saturated heterocycles. The molecule has 1 aliphatic rings. The summed E-state index contributed by atoms with van der Waals surface area (Å²) in [5, 5.41) is 55.2. The van der Waals surface area contributed by atoms with E-state index in [-0.39, 0.29) is 71.1 Å². The zero-order valence-electron chi connectivity index (χ0n) is 38.5. The van der Waals surface area contributed by atoms with E-state index >= 15 is 0 Å². The second-order valence-electron chi connectivity index (χ2n) is 17.4. The van der Waals surface area contributed by atoms with Gasteiger partial charge in [-0.25, -0.2) is 19.9 Å². The van der Waals surface area contributed by atoms with Crippen LogP contribution in [0.25, 0.3) is 22.5 Å². The van der Waals surface area contributed by atoms with Gasteiger partial charge in [-0.2, -0.15) is 13.1 Å². The minimum Gasteiger partial charge on any atom is -0.504 e. The fourth-order valence-electron chi connectivity index (χ4n) is 7.02. The number of likely N-dealkylation sites (N-methyl/N-ethyl adjacent to an activating group) is 1. The molecule has 1 aliphatic heterocycles. The van der Waals surface area contributed by atoms with Gasteiger partial charge in [0.2, 0.25) is 17.7 Å². The summed E-state index contributed by atoms with van der Waals surface area (Å²) in [6, 6.07) is 7.68. The number of benzene rings is 3. The molecule has 4 aromatic rings. The third kappa shape index (κ3) is 13.9. The van der Waals surface area contributed by atoms with Crippen LogP contribution in [0.4, 0.5) is 0 Å². The monoisotopic (exact) mass is 978 g/mol. The van der Waals surface area contributed by atoms with Gasteiger partial charge >= 0.3 is 5.97 Å². The standard InChI is InChI=1S/C45H58N10O13S/c1-23-40(59)53-33(44(63)64)13-24-6-11-35(67-21-29(56)16-46)31(12-24)32-14-26(15-36(38(32)58)68-22-30(57)17-47)37(42(61)52-23)55(5)43(62)34(20-51-69(48,65)66)54-41(60)27-18-49-39(50-19-27)25-7-9-28(10-8-25)45(2,3)4/h6-12,14-15,18-19,23,29-30,33-34,37,51,56-58H,13,16-17,20-22,46-47H2,1-5H3,(H,52,61)(H,53,59)(H,54,60)(H,63,64)(H2,48,65,66)/t23-,29+,30+,33-,34-,37-/m0/s1. The first kappa shape index (κ1) is 53.2. The molecule has 14 N–H and O–H groups in total. The lowest BCUT2D eigenvalue weighted by Gasteiger charge is -2.32. The SMILES string of the molecule is C[C@@H]1NC(=O)[C@@H](N(C)C(=O)[C@H](CNS(N)(=O)=O)NC(=O)c2cnc(-c3ccc(C(C)(C)C)cc3)nc2)c2cc(OC[C@H](O)CN)c(O)c(c2)-c2cc(ccc2OC[C@H](O)CN)C[C@@H](C(=O)O)NC1=O. The summed E-state index contributed by atoms with van der Waals surface area (Å²) < 4.78 is 38.1. The van der Waals surface area contributed by atoms with E-state index in [0.717, 1.165) is 17.5 Å². The summed E-state index contributed by atoms with van der Waals surface area (Å²) >= 11 is 0. The number of aliphatic hydroxyl groups excluding tert-OH is 2. The van der Waals surface area contributed by atoms with Crippen LogP contribution in [0.15, 0.2) is 67.0 Å². The fourth-order valence-corrected chi connectivity index (χ4v) is 7.42. The Morgan fingerprint density at radius 3 is 2.07 bits per heavy atom. The second-order valence-corrected chi connectivity index (χ2v) is 18.8. The summed E-state index contributed by atoms with van der Waals surface area (Å²) in [5.74, 6) is -6.11. The molecule has 0 radical (unpaired) electrons. The van der Waals surface area contributed by atoms with Gasteiger partial charge in [-0.1, -0.05) is 51.1 Å². The van der Waals surface area contributed by atoms with Crippen molar-refractivity contribution in [1.29, 1.82) is 0 Å². The Labute approximate surface area is 398 Å². The molecule has 0 unspecified atom stereocenters. The van der Waals surface area contributed by atoms with Gasteiger partial charge in [-0.05, 0) is 53.3 Å². The number of phenolic OH excluding ortho intramolecular Hbond substituents is 1. The van der Waals surface area contributed by atoms with E-state index in [1.54, 1.807) is 0 Å². The molecular weight excluding hydrogens is 921 g/mol. The molecule has 4 amide bonds. The smallest absolute Gasteiger partial charge is 0.326 e. The van der Waals surface area contributed by atoms with Crippen LogP contribution in [0.3, 0.4) is 0 Å². The van der Waals surface area contributed by atoms with Crippen LogP contribution in [0.1, 0.15) is 60.8 Å². The molecule has 2 heterocycles. The van der Waals surface area contributed by atoms with E-state index in [4.69, 9.17) is 26.1 Å². The molecule has 23 nitrogen and oxygen atoms in total. The van der Waals surface area contributed by atoms with Gasteiger partial charge in [0, 0.05) is 62.2 Å². The molecule has 0 spiro atoms. The van der Waals surface area contributed by atoms with E-state index in [1.807, 2.05) is 29.0 Å². The lowest BCUT2D eigenvalue weighted by Crippen LogP contribution is -2.57. The van der Waals surface area contributed by atoms with Gasteiger partial charge in [0.1, 0.15) is 55.3 Å².